The fourth-order valence-electron chi connectivity index (χ4n) is 2.84. The van der Waals surface area contributed by atoms with Gasteiger partial charge in [0.05, 0.1) is 23.8 Å². The first-order chi connectivity index (χ1) is 12.9. The molecule has 3 heterocycles. The highest BCUT2D eigenvalue weighted by atomic mass is 19.4. The van der Waals surface area contributed by atoms with Gasteiger partial charge in [0.2, 0.25) is 11.7 Å². The first kappa shape index (κ1) is 17.3. The molecule has 10 heteroatoms. The number of rotatable bonds is 4. The topological polar surface area (TPSA) is 78.5 Å². The van der Waals surface area contributed by atoms with Gasteiger partial charge in [0.1, 0.15) is 25.5 Å². The fourth-order valence-corrected chi connectivity index (χ4v) is 2.84. The summed E-state index contributed by atoms with van der Waals surface area (Å²) in [5, 5.41) is 2.52. The van der Waals surface area contributed by atoms with Crippen LogP contribution < -0.4 is 14.8 Å². The Morgan fingerprint density at radius 1 is 1.22 bits per heavy atom. The summed E-state index contributed by atoms with van der Waals surface area (Å²) < 4.78 is 57.0. The summed E-state index contributed by atoms with van der Waals surface area (Å²) in [6, 6.07) is 6.09. The maximum atomic E-state index is 13.4. The Morgan fingerprint density at radius 2 is 1.96 bits per heavy atom. The van der Waals surface area contributed by atoms with Crippen molar-refractivity contribution in [2.45, 2.75) is 19.3 Å². The minimum absolute atomic E-state index is 0.0745. The summed E-state index contributed by atoms with van der Waals surface area (Å²) in [5.41, 5.74) is 0.213. The van der Waals surface area contributed by atoms with Crippen molar-refractivity contribution in [3.05, 3.63) is 42.1 Å². The molecule has 0 unspecified atom stereocenters. The summed E-state index contributed by atoms with van der Waals surface area (Å²) in [6.07, 6.45) is -3.28. The van der Waals surface area contributed by atoms with E-state index in [1.807, 2.05) is 0 Å². The molecule has 0 atom stereocenters. The van der Waals surface area contributed by atoms with Gasteiger partial charge in [-0.3, -0.25) is 4.79 Å². The van der Waals surface area contributed by atoms with Crippen LogP contribution in [0.3, 0.4) is 0 Å². The zero-order valence-corrected chi connectivity index (χ0v) is 13.9. The van der Waals surface area contributed by atoms with Gasteiger partial charge < -0.3 is 23.8 Å². The number of hydrogen-bond acceptors (Lipinski definition) is 5. The zero-order chi connectivity index (χ0) is 19.0. The first-order valence-corrected chi connectivity index (χ1v) is 8.08. The monoisotopic (exact) mass is 381 g/mol. The number of carbonyl (C=O) groups excluding carboxylic acids is 1. The first-order valence-electron chi connectivity index (χ1n) is 8.08. The fraction of sp³-hybridized carbons (Fsp3) is 0.294. The van der Waals surface area contributed by atoms with E-state index >= 15 is 0 Å². The number of fused-ring (bicyclic) bond motifs is 2. The number of amides is 1. The Kier molecular flexibility index (Phi) is 4.17. The second-order valence-corrected chi connectivity index (χ2v) is 5.86. The van der Waals surface area contributed by atoms with Crippen LogP contribution in [-0.4, -0.2) is 28.7 Å². The number of imidazole rings is 1. The van der Waals surface area contributed by atoms with Crippen LogP contribution in [0.1, 0.15) is 11.6 Å². The smallest absolute Gasteiger partial charge is 0.449 e. The van der Waals surface area contributed by atoms with E-state index < -0.39 is 24.5 Å². The van der Waals surface area contributed by atoms with Gasteiger partial charge >= 0.3 is 6.18 Å². The number of carbonyl (C=O) groups is 1. The van der Waals surface area contributed by atoms with Crippen LogP contribution in [0.15, 0.2) is 34.9 Å². The van der Waals surface area contributed by atoms with Crippen LogP contribution in [-0.2, 0) is 24.1 Å². The maximum absolute atomic E-state index is 13.4. The number of halogens is 3. The molecule has 1 aliphatic heterocycles. The molecular formula is C17H14F3N3O4. The summed E-state index contributed by atoms with van der Waals surface area (Å²) in [7, 11) is 0. The quantitative estimate of drug-likeness (QED) is 0.752. The van der Waals surface area contributed by atoms with Crippen LogP contribution >= 0.6 is 0 Å². The van der Waals surface area contributed by atoms with Gasteiger partial charge in [-0.2, -0.15) is 13.2 Å². The molecule has 142 valence electrons. The molecule has 0 bridgehead atoms. The Balaban J connectivity index is 1.67. The van der Waals surface area contributed by atoms with E-state index in [4.69, 9.17) is 13.9 Å². The molecule has 2 aromatic heterocycles. The predicted molar refractivity (Wildman–Crippen MR) is 86.3 cm³/mol. The molecule has 4 rings (SSSR count). The lowest BCUT2D eigenvalue weighted by Crippen LogP contribution is -2.29. The molecule has 1 aliphatic rings. The summed E-state index contributed by atoms with van der Waals surface area (Å²) >= 11 is 0. The third-order valence-electron chi connectivity index (χ3n) is 4.01. The third kappa shape index (κ3) is 3.42. The molecule has 27 heavy (non-hydrogen) atoms. The van der Waals surface area contributed by atoms with Gasteiger partial charge in [0, 0.05) is 12.1 Å². The van der Waals surface area contributed by atoms with Gasteiger partial charge in [-0.25, -0.2) is 4.98 Å². The van der Waals surface area contributed by atoms with Crippen molar-refractivity contribution < 1.29 is 31.9 Å². The Bertz CT molecular complexity index is 980. The van der Waals surface area contributed by atoms with E-state index in [1.165, 1.54) is 18.4 Å². The van der Waals surface area contributed by atoms with Crippen LogP contribution in [0.25, 0.3) is 11.0 Å². The van der Waals surface area contributed by atoms with Crippen LogP contribution in [0.2, 0.25) is 0 Å². The minimum Gasteiger partial charge on any atom is -0.486 e. The Labute approximate surface area is 150 Å². The van der Waals surface area contributed by atoms with E-state index in [9.17, 15) is 18.0 Å². The second kappa shape index (κ2) is 6.53. The third-order valence-corrected chi connectivity index (χ3v) is 4.01. The van der Waals surface area contributed by atoms with Crippen molar-refractivity contribution in [1.82, 2.24) is 14.9 Å². The SMILES string of the molecule is O=C(Cn1c(C(F)(F)F)nc2cc3c(cc21)OCCO3)NCc1ccco1. The van der Waals surface area contributed by atoms with Crippen LogP contribution in [0, 0.1) is 0 Å². The molecule has 0 radical (unpaired) electrons. The van der Waals surface area contributed by atoms with Gasteiger partial charge in [-0.15, -0.1) is 0 Å². The summed E-state index contributed by atoms with van der Waals surface area (Å²) in [4.78, 5) is 15.9. The molecule has 1 N–H and O–H groups in total. The van der Waals surface area contributed by atoms with Crippen LogP contribution in [0.5, 0.6) is 11.5 Å². The molecule has 0 saturated heterocycles. The van der Waals surface area contributed by atoms with Crippen molar-refractivity contribution >= 4 is 16.9 Å². The van der Waals surface area contributed by atoms with Gasteiger partial charge in [-0.05, 0) is 12.1 Å². The zero-order valence-electron chi connectivity index (χ0n) is 13.9. The molecule has 0 spiro atoms. The highest BCUT2D eigenvalue weighted by Gasteiger charge is 2.38. The predicted octanol–water partition coefficient (Wildman–Crippen LogP) is 2.74. The number of nitrogens with one attached hydrogen (secondary N) is 1. The molecule has 0 fully saturated rings. The van der Waals surface area contributed by atoms with E-state index in [-0.39, 0.29) is 17.6 Å². The maximum Gasteiger partial charge on any atom is 0.449 e. The Morgan fingerprint density at radius 3 is 2.63 bits per heavy atom. The summed E-state index contributed by atoms with van der Waals surface area (Å²) in [6.45, 7) is 0.126. The molecule has 3 aromatic rings. The van der Waals surface area contributed by atoms with Crippen molar-refractivity contribution in [1.29, 1.82) is 0 Å². The number of nitrogens with zero attached hydrogens (tertiary/aromatic N) is 2. The van der Waals surface area contributed by atoms with Crippen molar-refractivity contribution in [2.24, 2.45) is 0 Å². The van der Waals surface area contributed by atoms with Crippen molar-refractivity contribution in [3.63, 3.8) is 0 Å². The lowest BCUT2D eigenvalue weighted by atomic mass is 10.2. The average Bonchev–Trinajstić information content (AvgIpc) is 3.26. The van der Waals surface area contributed by atoms with E-state index in [0.29, 0.717) is 30.5 Å². The number of ether oxygens (including phenoxy) is 2. The molecular weight excluding hydrogens is 367 g/mol. The lowest BCUT2D eigenvalue weighted by molar-refractivity contribution is -0.147. The summed E-state index contributed by atoms with van der Waals surface area (Å²) in [5.74, 6) is -0.623. The van der Waals surface area contributed by atoms with E-state index in [1.54, 1.807) is 12.1 Å². The number of hydrogen-bond donors (Lipinski definition) is 1. The van der Waals surface area contributed by atoms with E-state index in [2.05, 4.69) is 10.3 Å². The lowest BCUT2D eigenvalue weighted by Gasteiger charge is -2.18. The molecule has 0 saturated carbocycles. The van der Waals surface area contributed by atoms with Crippen molar-refractivity contribution in [2.75, 3.05) is 13.2 Å². The molecule has 1 aromatic carbocycles. The van der Waals surface area contributed by atoms with E-state index in [0.717, 1.165) is 4.57 Å². The standard InChI is InChI=1S/C17H14F3N3O4/c18-17(19,20)16-22-11-6-13-14(27-5-4-26-13)7-12(11)23(16)9-15(24)21-8-10-2-1-3-25-10/h1-3,6-7H,4-5,8-9H2,(H,21,24). The molecule has 7 nitrogen and oxygen atoms in total. The highest BCUT2D eigenvalue weighted by Crippen LogP contribution is 2.37. The van der Waals surface area contributed by atoms with Gasteiger partial charge in [0.15, 0.2) is 11.5 Å². The number of alkyl halides is 3. The average molecular weight is 381 g/mol. The highest BCUT2D eigenvalue weighted by molar-refractivity contribution is 5.84. The number of furan rings is 1. The van der Waals surface area contributed by atoms with Gasteiger partial charge in [0.25, 0.3) is 0 Å². The van der Waals surface area contributed by atoms with Crippen LogP contribution in [0.4, 0.5) is 13.2 Å². The largest absolute Gasteiger partial charge is 0.486 e. The Hall–Kier alpha value is -3.17. The normalized spacial score (nSPS) is 13.7. The van der Waals surface area contributed by atoms with Crippen molar-refractivity contribution in [3.8, 4) is 11.5 Å². The number of aromatic nitrogens is 2. The molecule has 1 amide bonds. The minimum atomic E-state index is -4.72. The van der Waals surface area contributed by atoms with Gasteiger partial charge in [-0.1, -0.05) is 0 Å². The number of benzene rings is 1. The molecule has 0 aliphatic carbocycles. The second-order valence-electron chi connectivity index (χ2n) is 5.86.